The molecule has 0 spiro atoms. The van der Waals surface area contributed by atoms with Crippen LogP contribution in [0.2, 0.25) is 0 Å². The van der Waals surface area contributed by atoms with Crippen LogP contribution in [0.1, 0.15) is 12.8 Å². The molecule has 0 aliphatic carbocycles. The molecule has 1 aliphatic heterocycles. The summed E-state index contributed by atoms with van der Waals surface area (Å²) in [6, 6.07) is 24.5. The van der Waals surface area contributed by atoms with Crippen molar-refractivity contribution in [3.8, 4) is 17.2 Å². The lowest BCUT2D eigenvalue weighted by Crippen LogP contribution is -2.22. The molecular formula is C25H26N2O4. The molecule has 3 aromatic carbocycles. The quantitative estimate of drug-likeness (QED) is 0.507. The second-order valence-corrected chi connectivity index (χ2v) is 7.28. The molecule has 1 amide bonds. The Morgan fingerprint density at radius 1 is 0.935 bits per heavy atom. The summed E-state index contributed by atoms with van der Waals surface area (Å²) in [5.74, 6) is 2.01. The van der Waals surface area contributed by atoms with Gasteiger partial charge in [0.2, 0.25) is 5.91 Å². The van der Waals surface area contributed by atoms with Gasteiger partial charge in [-0.25, -0.2) is 0 Å². The average Bonchev–Trinajstić information content (AvgIpc) is 3.32. The number of ether oxygens (including phenoxy) is 3. The molecule has 1 aliphatic rings. The minimum atomic E-state index is -0.155. The number of amides is 1. The fraction of sp³-hybridized carbons (Fsp3) is 0.240. The van der Waals surface area contributed by atoms with Crippen molar-refractivity contribution < 1.29 is 19.0 Å². The Kier molecular flexibility index (Phi) is 7.03. The van der Waals surface area contributed by atoms with E-state index in [0.717, 1.165) is 36.6 Å². The van der Waals surface area contributed by atoms with Crippen LogP contribution in [-0.2, 0) is 9.53 Å². The monoisotopic (exact) mass is 418 g/mol. The van der Waals surface area contributed by atoms with Gasteiger partial charge in [0.25, 0.3) is 0 Å². The maximum atomic E-state index is 12.4. The molecule has 1 atom stereocenters. The molecule has 4 rings (SSSR count). The van der Waals surface area contributed by atoms with E-state index in [4.69, 9.17) is 14.2 Å². The number of rotatable bonds is 9. The first-order valence-corrected chi connectivity index (χ1v) is 10.5. The third-order valence-corrected chi connectivity index (χ3v) is 4.90. The van der Waals surface area contributed by atoms with Gasteiger partial charge in [0, 0.05) is 12.3 Å². The van der Waals surface area contributed by atoms with Gasteiger partial charge in [-0.05, 0) is 61.4 Å². The molecule has 31 heavy (non-hydrogen) atoms. The topological polar surface area (TPSA) is 68.8 Å². The van der Waals surface area contributed by atoms with Gasteiger partial charge >= 0.3 is 0 Å². The largest absolute Gasteiger partial charge is 0.489 e. The fourth-order valence-electron chi connectivity index (χ4n) is 3.30. The molecule has 3 aromatic rings. The summed E-state index contributed by atoms with van der Waals surface area (Å²) < 4.78 is 17.2. The highest BCUT2D eigenvalue weighted by Gasteiger charge is 2.17. The Hall–Kier alpha value is -3.51. The Labute approximate surface area is 182 Å². The average molecular weight is 418 g/mol. The fourth-order valence-corrected chi connectivity index (χ4v) is 3.30. The van der Waals surface area contributed by atoms with E-state index in [1.54, 1.807) is 0 Å². The van der Waals surface area contributed by atoms with Crippen LogP contribution in [0.3, 0.4) is 0 Å². The van der Waals surface area contributed by atoms with Gasteiger partial charge in [0.1, 0.15) is 23.9 Å². The lowest BCUT2D eigenvalue weighted by molar-refractivity contribution is -0.114. The number of para-hydroxylation sites is 3. The third kappa shape index (κ3) is 6.23. The molecule has 1 heterocycles. The first kappa shape index (κ1) is 20.8. The number of nitrogens with one attached hydrogen (secondary N) is 2. The summed E-state index contributed by atoms with van der Waals surface area (Å²) in [5.41, 5.74) is 1.48. The zero-order valence-corrected chi connectivity index (χ0v) is 17.3. The van der Waals surface area contributed by atoms with Crippen LogP contribution in [0.15, 0.2) is 78.9 Å². The Balaban J connectivity index is 1.26. The van der Waals surface area contributed by atoms with Gasteiger partial charge in [0.15, 0.2) is 0 Å². The summed E-state index contributed by atoms with van der Waals surface area (Å²) in [6.07, 6.45) is 2.20. The van der Waals surface area contributed by atoms with E-state index in [2.05, 4.69) is 10.6 Å². The predicted octanol–water partition coefficient (Wildman–Crippen LogP) is 5.09. The molecule has 0 bridgehead atoms. The van der Waals surface area contributed by atoms with Crippen molar-refractivity contribution >= 4 is 17.3 Å². The number of hydrogen-bond acceptors (Lipinski definition) is 5. The first-order chi connectivity index (χ1) is 15.3. The highest BCUT2D eigenvalue weighted by atomic mass is 16.5. The maximum Gasteiger partial charge on any atom is 0.243 e. The highest BCUT2D eigenvalue weighted by Crippen LogP contribution is 2.25. The van der Waals surface area contributed by atoms with E-state index < -0.39 is 0 Å². The standard InChI is InChI=1S/C25H26N2O4/c28-25(27-23-10-4-5-11-24(23)30-18-22-9-6-16-29-22)17-26-19-12-14-21(15-13-19)31-20-7-2-1-3-8-20/h1-5,7-8,10-15,22,26H,6,9,16-18H2,(H,27,28). The summed E-state index contributed by atoms with van der Waals surface area (Å²) in [6.45, 7) is 1.42. The molecule has 1 fully saturated rings. The Morgan fingerprint density at radius 2 is 1.68 bits per heavy atom. The van der Waals surface area contributed by atoms with Gasteiger partial charge in [-0.15, -0.1) is 0 Å². The summed E-state index contributed by atoms with van der Waals surface area (Å²) in [5, 5.41) is 6.03. The van der Waals surface area contributed by atoms with Crippen LogP contribution in [0.25, 0.3) is 0 Å². The van der Waals surface area contributed by atoms with Gasteiger partial charge < -0.3 is 24.8 Å². The van der Waals surface area contributed by atoms with E-state index >= 15 is 0 Å². The van der Waals surface area contributed by atoms with Gasteiger partial charge in [-0.2, -0.15) is 0 Å². The smallest absolute Gasteiger partial charge is 0.243 e. The minimum absolute atomic E-state index is 0.124. The van der Waals surface area contributed by atoms with Crippen LogP contribution in [0.5, 0.6) is 17.2 Å². The van der Waals surface area contributed by atoms with Crippen molar-refractivity contribution in [2.24, 2.45) is 0 Å². The van der Waals surface area contributed by atoms with Crippen LogP contribution in [0, 0.1) is 0 Å². The molecule has 0 aromatic heterocycles. The summed E-state index contributed by atoms with van der Waals surface area (Å²) in [4.78, 5) is 12.4. The van der Waals surface area contributed by atoms with Crippen LogP contribution in [0.4, 0.5) is 11.4 Å². The summed E-state index contributed by atoms with van der Waals surface area (Å²) >= 11 is 0. The first-order valence-electron chi connectivity index (χ1n) is 10.5. The van der Waals surface area contributed by atoms with Gasteiger partial charge in [-0.1, -0.05) is 30.3 Å². The number of benzene rings is 3. The van der Waals surface area contributed by atoms with Crippen LogP contribution in [-0.4, -0.2) is 31.8 Å². The van der Waals surface area contributed by atoms with E-state index in [1.165, 1.54) is 0 Å². The lowest BCUT2D eigenvalue weighted by atomic mass is 10.2. The van der Waals surface area contributed by atoms with Crippen LogP contribution < -0.4 is 20.1 Å². The zero-order valence-electron chi connectivity index (χ0n) is 17.3. The highest BCUT2D eigenvalue weighted by molar-refractivity contribution is 5.95. The van der Waals surface area contributed by atoms with E-state index in [0.29, 0.717) is 18.0 Å². The van der Waals surface area contributed by atoms with Crippen molar-refractivity contribution in [1.29, 1.82) is 0 Å². The molecule has 1 saturated heterocycles. The third-order valence-electron chi connectivity index (χ3n) is 4.90. The number of hydrogen-bond donors (Lipinski definition) is 2. The molecular weight excluding hydrogens is 392 g/mol. The van der Waals surface area contributed by atoms with E-state index in [1.807, 2.05) is 78.9 Å². The number of carbonyl (C=O) groups excluding carboxylic acids is 1. The van der Waals surface area contributed by atoms with Gasteiger partial charge in [0.05, 0.1) is 18.3 Å². The minimum Gasteiger partial charge on any atom is -0.489 e. The second kappa shape index (κ2) is 10.5. The van der Waals surface area contributed by atoms with E-state index in [9.17, 15) is 4.79 Å². The molecule has 6 heteroatoms. The number of carbonyl (C=O) groups is 1. The molecule has 160 valence electrons. The van der Waals surface area contributed by atoms with Crippen molar-refractivity contribution in [2.45, 2.75) is 18.9 Å². The van der Waals surface area contributed by atoms with Crippen LogP contribution >= 0.6 is 0 Å². The van der Waals surface area contributed by atoms with Crippen molar-refractivity contribution in [2.75, 3.05) is 30.4 Å². The molecule has 2 N–H and O–H groups in total. The molecule has 1 unspecified atom stereocenters. The Bertz CT molecular complexity index is 970. The Morgan fingerprint density at radius 3 is 2.45 bits per heavy atom. The molecule has 6 nitrogen and oxygen atoms in total. The van der Waals surface area contributed by atoms with Crippen molar-refractivity contribution in [1.82, 2.24) is 0 Å². The SMILES string of the molecule is O=C(CNc1ccc(Oc2ccccc2)cc1)Nc1ccccc1OCC1CCCO1. The number of anilines is 2. The van der Waals surface area contributed by atoms with Crippen molar-refractivity contribution in [3.63, 3.8) is 0 Å². The normalized spacial score (nSPS) is 15.3. The summed E-state index contributed by atoms with van der Waals surface area (Å²) in [7, 11) is 0. The molecule has 0 radical (unpaired) electrons. The van der Waals surface area contributed by atoms with E-state index in [-0.39, 0.29) is 18.6 Å². The second-order valence-electron chi connectivity index (χ2n) is 7.28. The maximum absolute atomic E-state index is 12.4. The zero-order chi connectivity index (χ0) is 21.3. The van der Waals surface area contributed by atoms with Crippen molar-refractivity contribution in [3.05, 3.63) is 78.9 Å². The molecule has 0 saturated carbocycles. The van der Waals surface area contributed by atoms with Gasteiger partial charge in [-0.3, -0.25) is 4.79 Å². The lowest BCUT2D eigenvalue weighted by Gasteiger charge is -2.15. The predicted molar refractivity (Wildman–Crippen MR) is 121 cm³/mol.